The Balaban J connectivity index is 2.71. The lowest BCUT2D eigenvalue weighted by Crippen LogP contribution is -2.57. The highest BCUT2D eigenvalue weighted by Crippen LogP contribution is 2.51. The van der Waals surface area contributed by atoms with E-state index in [0.717, 1.165) is 23.1 Å². The van der Waals surface area contributed by atoms with Gasteiger partial charge in [0.05, 0.1) is 0 Å². The Bertz CT molecular complexity index is 352. The summed E-state index contributed by atoms with van der Waals surface area (Å²) in [5.74, 6) is -0.982. The van der Waals surface area contributed by atoms with Gasteiger partial charge in [-0.25, -0.2) is 9.59 Å². The van der Waals surface area contributed by atoms with E-state index in [1.165, 1.54) is 0 Å². The summed E-state index contributed by atoms with van der Waals surface area (Å²) in [6.45, 7) is 7.19. The Morgan fingerprint density at radius 3 is 2.33 bits per heavy atom. The summed E-state index contributed by atoms with van der Waals surface area (Å²) in [5.41, 5.74) is -0.517. The fraction of sp³-hybridized carbons (Fsp3) is 0.833. The lowest BCUT2D eigenvalue weighted by atomic mass is 9.64. The second kappa shape index (κ2) is 4.91. The second-order valence-corrected chi connectivity index (χ2v) is 7.76. The number of alkyl carbamates (subject to hydrolysis) is 1. The van der Waals surface area contributed by atoms with Gasteiger partial charge in [0.2, 0.25) is 0 Å². The first-order valence-electron chi connectivity index (χ1n) is 6.28. The quantitative estimate of drug-likeness (QED) is 0.750. The summed E-state index contributed by atoms with van der Waals surface area (Å²) >= 11 is 0. The van der Waals surface area contributed by atoms with Crippen LogP contribution >= 0.6 is 0 Å². The van der Waals surface area contributed by atoms with Crippen LogP contribution in [0.4, 0.5) is 4.79 Å². The van der Waals surface area contributed by atoms with E-state index in [4.69, 9.17) is 4.74 Å². The predicted octanol–water partition coefficient (Wildman–Crippen LogP) is 0.918. The zero-order valence-electron chi connectivity index (χ0n) is 11.7. The summed E-state index contributed by atoms with van der Waals surface area (Å²) in [4.78, 5) is 23.0. The van der Waals surface area contributed by atoms with E-state index in [1.807, 2.05) is 6.92 Å². The molecule has 3 atom stereocenters. The summed E-state index contributed by atoms with van der Waals surface area (Å²) < 4.78 is 5.12. The molecule has 0 aromatic carbocycles. The summed E-state index contributed by atoms with van der Waals surface area (Å²) in [6.07, 6.45) is 1.24. The minimum Gasteiger partial charge on any atom is -0.480 e. The second-order valence-electron chi connectivity index (χ2n) is 6.36. The van der Waals surface area contributed by atoms with Crippen LogP contribution in [0.3, 0.4) is 0 Å². The van der Waals surface area contributed by atoms with Crippen molar-refractivity contribution in [2.24, 2.45) is 5.41 Å². The molecule has 1 rings (SSSR count). The van der Waals surface area contributed by atoms with E-state index >= 15 is 0 Å². The molecule has 0 aromatic heterocycles. The fourth-order valence-electron chi connectivity index (χ4n) is 2.25. The van der Waals surface area contributed by atoms with Gasteiger partial charge >= 0.3 is 12.1 Å². The average molecular weight is 273 g/mol. The summed E-state index contributed by atoms with van der Waals surface area (Å²) in [6, 6.07) is -0.858. The number of carboxylic acids is 1. The topological polar surface area (TPSA) is 75.6 Å². The molecule has 0 bridgehead atoms. The van der Waals surface area contributed by atoms with E-state index in [9.17, 15) is 14.7 Å². The van der Waals surface area contributed by atoms with Gasteiger partial charge in [-0.2, -0.15) is 0 Å². The number of ether oxygens (including phenoxy) is 1. The van der Waals surface area contributed by atoms with E-state index in [0.29, 0.717) is 5.54 Å². The van der Waals surface area contributed by atoms with E-state index < -0.39 is 23.7 Å². The molecule has 0 radical (unpaired) electrons. The Morgan fingerprint density at radius 2 is 2.06 bits per heavy atom. The molecule has 1 aliphatic carbocycles. The first-order valence-corrected chi connectivity index (χ1v) is 7.44. The number of hydrogen-bond acceptors (Lipinski definition) is 3. The van der Waals surface area contributed by atoms with E-state index in [2.05, 4.69) is 5.32 Å². The molecule has 6 heteroatoms. The smallest absolute Gasteiger partial charge is 0.408 e. The first-order chi connectivity index (χ1) is 8.06. The zero-order valence-corrected chi connectivity index (χ0v) is 13.7. The van der Waals surface area contributed by atoms with Crippen LogP contribution in [0.25, 0.3) is 0 Å². The van der Waals surface area contributed by atoms with Gasteiger partial charge in [-0.15, -0.1) is 0 Å². The van der Waals surface area contributed by atoms with Gasteiger partial charge in [0.25, 0.3) is 0 Å². The maximum absolute atomic E-state index is 11.7. The van der Waals surface area contributed by atoms with Gasteiger partial charge in [0.15, 0.2) is 0 Å². The van der Waals surface area contributed by atoms with Crippen LogP contribution in [0.1, 0.15) is 40.5 Å². The predicted molar refractivity (Wildman–Crippen MR) is 71.8 cm³/mol. The minimum absolute atomic E-state index is 0.324. The Kier molecular flexibility index (Phi) is 4.10. The van der Waals surface area contributed by atoms with Crippen LogP contribution < -0.4 is 5.32 Å². The Hall–Kier alpha value is -1.04. The third-order valence-electron chi connectivity index (χ3n) is 3.81. The van der Waals surface area contributed by atoms with Gasteiger partial charge in [-0.05, 0) is 38.1 Å². The van der Waals surface area contributed by atoms with Crippen molar-refractivity contribution in [3.63, 3.8) is 0 Å². The van der Waals surface area contributed by atoms with Crippen LogP contribution in [0.5, 0.6) is 0 Å². The highest BCUT2D eigenvalue weighted by molar-refractivity contribution is 6.13. The van der Waals surface area contributed by atoms with Gasteiger partial charge < -0.3 is 15.2 Å². The van der Waals surface area contributed by atoms with Crippen molar-refractivity contribution in [2.45, 2.75) is 57.7 Å². The molecule has 18 heavy (non-hydrogen) atoms. The van der Waals surface area contributed by atoms with Crippen LogP contribution in [0, 0.1) is 5.41 Å². The van der Waals surface area contributed by atoms with Gasteiger partial charge in [-0.3, -0.25) is 0 Å². The molecule has 0 spiro atoms. The standard InChI is InChI=1S/C12H23NO4Si/c1-11(2,3)17-10(16)13-8(9(14)15)12(4)6-5-7(12)18/h7-8H,5-6H2,1-4,18H3,(H,13,16)(H,14,15). The van der Waals surface area contributed by atoms with Crippen LogP contribution in [0.2, 0.25) is 5.54 Å². The van der Waals surface area contributed by atoms with Crippen molar-refractivity contribution in [1.29, 1.82) is 0 Å². The molecule has 1 aliphatic rings. The molecule has 1 saturated carbocycles. The third-order valence-corrected chi connectivity index (χ3v) is 5.71. The molecule has 5 nitrogen and oxygen atoms in total. The largest absolute Gasteiger partial charge is 0.480 e. The molecule has 0 aliphatic heterocycles. The van der Waals surface area contributed by atoms with Gasteiger partial charge in [0.1, 0.15) is 11.6 Å². The van der Waals surface area contributed by atoms with Crippen molar-refractivity contribution >= 4 is 22.3 Å². The fourth-order valence-corrected chi connectivity index (χ4v) is 3.16. The molecule has 104 valence electrons. The Morgan fingerprint density at radius 1 is 1.50 bits per heavy atom. The lowest BCUT2D eigenvalue weighted by molar-refractivity contribution is -0.144. The summed E-state index contributed by atoms with van der Waals surface area (Å²) in [5, 5.41) is 11.8. The molecule has 3 unspecified atom stereocenters. The maximum atomic E-state index is 11.7. The van der Waals surface area contributed by atoms with E-state index in [1.54, 1.807) is 20.8 Å². The van der Waals surface area contributed by atoms with Crippen LogP contribution in [-0.4, -0.2) is 39.1 Å². The number of carbonyl (C=O) groups is 2. The molecule has 1 amide bonds. The number of carboxylic acid groups (broad SMARTS) is 1. The molecule has 0 aromatic rings. The number of aliphatic carboxylic acids is 1. The van der Waals surface area contributed by atoms with Crippen molar-refractivity contribution in [3.05, 3.63) is 0 Å². The maximum Gasteiger partial charge on any atom is 0.408 e. The number of carbonyl (C=O) groups excluding carboxylic acids is 1. The Labute approximate surface area is 111 Å². The first kappa shape index (κ1) is 15.0. The van der Waals surface area contributed by atoms with Crippen molar-refractivity contribution in [3.8, 4) is 0 Å². The SMILES string of the molecule is CC(C)(C)OC(=O)NC(C(=O)O)C1(C)CCC1[SiH3]. The highest BCUT2D eigenvalue weighted by atomic mass is 28.1. The average Bonchev–Trinajstić information content (AvgIpc) is 2.20. The summed E-state index contributed by atoms with van der Waals surface area (Å²) in [7, 11) is 0.945. The van der Waals surface area contributed by atoms with Crippen molar-refractivity contribution in [2.75, 3.05) is 0 Å². The molecule has 1 fully saturated rings. The molecular formula is C12H23NO4Si. The molecule has 2 N–H and O–H groups in total. The van der Waals surface area contributed by atoms with Gasteiger partial charge in [0, 0.05) is 10.2 Å². The number of amides is 1. The number of rotatable bonds is 3. The minimum atomic E-state index is -0.982. The van der Waals surface area contributed by atoms with E-state index in [-0.39, 0.29) is 5.41 Å². The third kappa shape index (κ3) is 3.25. The molecule has 0 heterocycles. The van der Waals surface area contributed by atoms with Crippen molar-refractivity contribution < 1.29 is 19.4 Å². The monoisotopic (exact) mass is 273 g/mol. The molecule has 0 saturated heterocycles. The lowest BCUT2D eigenvalue weighted by Gasteiger charge is -2.49. The molecular weight excluding hydrogens is 250 g/mol. The van der Waals surface area contributed by atoms with Crippen LogP contribution in [-0.2, 0) is 9.53 Å². The van der Waals surface area contributed by atoms with Crippen molar-refractivity contribution in [1.82, 2.24) is 5.32 Å². The van der Waals surface area contributed by atoms with Crippen LogP contribution in [0.15, 0.2) is 0 Å². The van der Waals surface area contributed by atoms with Gasteiger partial charge in [-0.1, -0.05) is 13.3 Å². The highest BCUT2D eigenvalue weighted by Gasteiger charge is 2.50. The number of hydrogen-bond donors (Lipinski definition) is 2. The normalized spacial score (nSPS) is 29.2. The number of nitrogens with one attached hydrogen (secondary N) is 1. The zero-order chi connectivity index (χ0) is 14.1.